The van der Waals surface area contributed by atoms with E-state index >= 15 is 0 Å². The van der Waals surface area contributed by atoms with Crippen LogP contribution in [0.15, 0.2) is 36.4 Å². The Hall–Kier alpha value is -3.53. The molecule has 1 heterocycles. The van der Waals surface area contributed by atoms with Crippen molar-refractivity contribution in [1.29, 1.82) is 5.26 Å². The molecule has 0 saturated heterocycles. The lowest BCUT2D eigenvalue weighted by Gasteiger charge is -2.46. The van der Waals surface area contributed by atoms with Gasteiger partial charge >= 0.3 is 0 Å². The van der Waals surface area contributed by atoms with E-state index in [0.29, 0.717) is 22.8 Å². The summed E-state index contributed by atoms with van der Waals surface area (Å²) in [6.45, 7) is 3.72. The molecule has 31 heavy (non-hydrogen) atoms. The van der Waals surface area contributed by atoms with Gasteiger partial charge in [0.2, 0.25) is 11.8 Å². The SMILES string of the molecule is COc1cc(C#N)ccc1N[C@H]1c2cc(C(N)=O)ccc2N(C(C)=O)[C@@H](C2CC2)[C@@H]1C. The quantitative estimate of drug-likeness (QED) is 0.771. The predicted octanol–water partition coefficient (Wildman–Crippen LogP) is 3.60. The van der Waals surface area contributed by atoms with E-state index in [2.05, 4.69) is 18.3 Å². The Morgan fingerprint density at radius 3 is 2.55 bits per heavy atom. The monoisotopic (exact) mass is 418 g/mol. The Labute approximate surface area is 181 Å². The van der Waals surface area contributed by atoms with Crippen LogP contribution in [0.1, 0.15) is 54.2 Å². The molecule has 0 bridgehead atoms. The van der Waals surface area contributed by atoms with Crippen LogP contribution in [0, 0.1) is 23.2 Å². The first-order chi connectivity index (χ1) is 14.8. The Bertz CT molecular complexity index is 1090. The van der Waals surface area contributed by atoms with E-state index in [1.165, 1.54) is 0 Å². The molecule has 2 aromatic carbocycles. The smallest absolute Gasteiger partial charge is 0.248 e. The third kappa shape index (κ3) is 3.70. The summed E-state index contributed by atoms with van der Waals surface area (Å²) in [6.07, 6.45) is 2.20. The second kappa shape index (κ2) is 7.95. The number of nitrogens with zero attached hydrogens (tertiary/aromatic N) is 2. The normalized spacial score (nSPS) is 22.3. The summed E-state index contributed by atoms with van der Waals surface area (Å²) in [5.74, 6) is 0.577. The van der Waals surface area contributed by atoms with Gasteiger partial charge in [-0.05, 0) is 54.7 Å². The van der Waals surface area contributed by atoms with Crippen LogP contribution in [0.25, 0.3) is 0 Å². The number of rotatable bonds is 5. The molecular weight excluding hydrogens is 392 g/mol. The second-order valence-electron chi connectivity index (χ2n) is 8.36. The Balaban J connectivity index is 1.84. The van der Waals surface area contributed by atoms with E-state index in [4.69, 9.17) is 10.5 Å². The maximum atomic E-state index is 12.7. The van der Waals surface area contributed by atoms with E-state index in [1.54, 1.807) is 38.3 Å². The molecule has 2 aliphatic rings. The number of ether oxygens (including phenoxy) is 1. The van der Waals surface area contributed by atoms with Crippen molar-refractivity contribution in [3.8, 4) is 11.8 Å². The van der Waals surface area contributed by atoms with Gasteiger partial charge in [0.05, 0.1) is 30.5 Å². The fourth-order valence-electron chi connectivity index (χ4n) is 4.77. The van der Waals surface area contributed by atoms with E-state index in [9.17, 15) is 14.9 Å². The molecule has 0 unspecified atom stereocenters. The summed E-state index contributed by atoms with van der Waals surface area (Å²) in [6, 6.07) is 12.5. The second-order valence-corrected chi connectivity index (χ2v) is 8.36. The third-order valence-electron chi connectivity index (χ3n) is 6.36. The zero-order chi connectivity index (χ0) is 22.3. The Morgan fingerprint density at radius 1 is 1.23 bits per heavy atom. The minimum Gasteiger partial charge on any atom is -0.495 e. The highest BCUT2D eigenvalue weighted by Gasteiger charge is 2.47. The van der Waals surface area contributed by atoms with Crippen molar-refractivity contribution < 1.29 is 14.3 Å². The third-order valence-corrected chi connectivity index (χ3v) is 6.36. The van der Waals surface area contributed by atoms with Crippen LogP contribution in [-0.2, 0) is 4.79 Å². The highest BCUT2D eigenvalue weighted by Crippen LogP contribution is 2.50. The number of methoxy groups -OCH3 is 1. The predicted molar refractivity (Wildman–Crippen MR) is 118 cm³/mol. The van der Waals surface area contributed by atoms with E-state index in [-0.39, 0.29) is 23.9 Å². The molecule has 1 fully saturated rings. The van der Waals surface area contributed by atoms with Gasteiger partial charge < -0.3 is 20.7 Å². The molecule has 0 spiro atoms. The molecule has 3 N–H and O–H groups in total. The summed E-state index contributed by atoms with van der Waals surface area (Å²) in [5.41, 5.74) is 8.86. The van der Waals surface area contributed by atoms with Crippen LogP contribution in [0.4, 0.5) is 11.4 Å². The van der Waals surface area contributed by atoms with Gasteiger partial charge in [-0.25, -0.2) is 0 Å². The molecule has 7 heteroatoms. The van der Waals surface area contributed by atoms with Crippen LogP contribution in [0.3, 0.4) is 0 Å². The summed E-state index contributed by atoms with van der Waals surface area (Å²) >= 11 is 0. The molecule has 2 aromatic rings. The first kappa shape index (κ1) is 20.7. The average molecular weight is 418 g/mol. The lowest BCUT2D eigenvalue weighted by Crippen LogP contribution is -2.51. The summed E-state index contributed by atoms with van der Waals surface area (Å²) in [5, 5.41) is 12.8. The zero-order valence-corrected chi connectivity index (χ0v) is 17.9. The molecule has 0 radical (unpaired) electrons. The highest BCUT2D eigenvalue weighted by atomic mass is 16.5. The number of nitriles is 1. The van der Waals surface area contributed by atoms with Crippen LogP contribution in [0.2, 0.25) is 0 Å². The maximum Gasteiger partial charge on any atom is 0.248 e. The Morgan fingerprint density at radius 2 is 1.97 bits per heavy atom. The highest BCUT2D eigenvalue weighted by molar-refractivity contribution is 5.97. The van der Waals surface area contributed by atoms with Gasteiger partial charge in [-0.3, -0.25) is 9.59 Å². The summed E-state index contributed by atoms with van der Waals surface area (Å²) in [7, 11) is 1.57. The number of carbonyl (C=O) groups excluding carboxylic acids is 2. The number of hydrogen-bond acceptors (Lipinski definition) is 5. The number of nitrogens with two attached hydrogens (primary N) is 1. The first-order valence-corrected chi connectivity index (χ1v) is 10.4. The number of hydrogen-bond donors (Lipinski definition) is 2. The van der Waals surface area contributed by atoms with Crippen molar-refractivity contribution in [2.45, 2.75) is 38.8 Å². The minimum absolute atomic E-state index is 0.00812. The zero-order valence-electron chi connectivity index (χ0n) is 17.9. The van der Waals surface area contributed by atoms with Crippen molar-refractivity contribution in [1.82, 2.24) is 0 Å². The van der Waals surface area contributed by atoms with Gasteiger partial charge in [-0.15, -0.1) is 0 Å². The number of carbonyl (C=O) groups is 2. The lowest BCUT2D eigenvalue weighted by molar-refractivity contribution is -0.117. The van der Waals surface area contributed by atoms with Crippen molar-refractivity contribution in [2.75, 3.05) is 17.3 Å². The molecule has 160 valence electrons. The molecular formula is C24H26N4O3. The van der Waals surface area contributed by atoms with Gasteiger partial charge in [0.15, 0.2) is 0 Å². The van der Waals surface area contributed by atoms with E-state index in [1.807, 2.05) is 17.0 Å². The van der Waals surface area contributed by atoms with Gasteiger partial charge in [0.1, 0.15) is 5.75 Å². The van der Waals surface area contributed by atoms with Crippen LogP contribution in [0.5, 0.6) is 5.75 Å². The van der Waals surface area contributed by atoms with Crippen molar-refractivity contribution >= 4 is 23.2 Å². The van der Waals surface area contributed by atoms with Crippen molar-refractivity contribution in [3.63, 3.8) is 0 Å². The van der Waals surface area contributed by atoms with Gasteiger partial charge in [-0.1, -0.05) is 6.92 Å². The summed E-state index contributed by atoms with van der Waals surface area (Å²) < 4.78 is 5.51. The molecule has 7 nitrogen and oxygen atoms in total. The molecule has 1 aliphatic carbocycles. The lowest BCUT2D eigenvalue weighted by atomic mass is 9.79. The Kier molecular flexibility index (Phi) is 5.32. The summed E-state index contributed by atoms with van der Waals surface area (Å²) in [4.78, 5) is 26.4. The number of primary amides is 1. The molecule has 2 amide bonds. The number of fused-ring (bicyclic) bond motifs is 1. The van der Waals surface area contributed by atoms with E-state index in [0.717, 1.165) is 29.8 Å². The van der Waals surface area contributed by atoms with Crippen LogP contribution < -0.4 is 20.7 Å². The maximum absolute atomic E-state index is 12.7. The first-order valence-electron chi connectivity index (χ1n) is 10.4. The van der Waals surface area contributed by atoms with Crippen molar-refractivity contribution in [2.24, 2.45) is 17.6 Å². The van der Waals surface area contributed by atoms with Gasteiger partial charge in [0.25, 0.3) is 0 Å². The average Bonchev–Trinajstić information content (AvgIpc) is 3.59. The fourth-order valence-corrected chi connectivity index (χ4v) is 4.77. The topological polar surface area (TPSA) is 108 Å². The van der Waals surface area contributed by atoms with Crippen molar-refractivity contribution in [3.05, 3.63) is 53.1 Å². The van der Waals surface area contributed by atoms with Crippen LogP contribution >= 0.6 is 0 Å². The van der Waals surface area contributed by atoms with Gasteiger partial charge in [-0.2, -0.15) is 5.26 Å². The number of anilines is 2. The largest absolute Gasteiger partial charge is 0.495 e. The molecule has 3 atom stereocenters. The minimum atomic E-state index is -0.510. The van der Waals surface area contributed by atoms with E-state index < -0.39 is 5.91 Å². The molecule has 1 saturated carbocycles. The standard InChI is InChI=1S/C24H26N4O3/c1-13-22(27-19-8-4-15(12-25)10-21(19)31-3)18-11-17(24(26)30)7-9-20(18)28(14(2)29)23(13)16-5-6-16/h4,7-11,13,16,22-23,27H,5-6H2,1-3H3,(H2,26,30)/t13-,22-,23-/m1/s1. The van der Waals surface area contributed by atoms with Gasteiger partial charge in [0, 0.05) is 36.2 Å². The van der Waals surface area contributed by atoms with Crippen LogP contribution in [-0.4, -0.2) is 25.0 Å². The number of benzene rings is 2. The molecule has 1 aliphatic heterocycles. The molecule has 4 rings (SSSR count). The number of amides is 2. The molecule has 0 aromatic heterocycles. The fraction of sp³-hybridized carbons (Fsp3) is 0.375. The number of nitrogens with one attached hydrogen (secondary N) is 1.